The molecule has 0 unspecified atom stereocenters. The smallest absolute Gasteiger partial charge is 0.412 e. The van der Waals surface area contributed by atoms with E-state index in [0.717, 1.165) is 4.88 Å². The van der Waals surface area contributed by atoms with Crippen LogP contribution in [0.3, 0.4) is 0 Å². The summed E-state index contributed by atoms with van der Waals surface area (Å²) in [6.07, 6.45) is -1.10. The van der Waals surface area contributed by atoms with E-state index in [9.17, 15) is 9.59 Å². The lowest BCUT2D eigenvalue weighted by Crippen LogP contribution is -2.73. The van der Waals surface area contributed by atoms with E-state index in [0.29, 0.717) is 6.61 Å². The van der Waals surface area contributed by atoms with Crippen molar-refractivity contribution in [2.24, 2.45) is 0 Å². The molecule has 0 N–H and O–H groups in total. The minimum Gasteiger partial charge on any atom is -0.444 e. The minimum atomic E-state index is -0.849. The number of likely N-dealkylation sites (tertiary alicyclic amines) is 1. The van der Waals surface area contributed by atoms with Crippen LogP contribution < -0.4 is 0 Å². The Kier molecular flexibility index (Phi) is 5.95. The number of methoxy groups -OCH3 is 1. The number of ether oxygens (including phenoxy) is 3. The average Bonchev–Trinajstić information content (AvgIpc) is 3.21. The zero-order chi connectivity index (χ0) is 21.4. The summed E-state index contributed by atoms with van der Waals surface area (Å²) in [5, 5.41) is 1.96. The van der Waals surface area contributed by atoms with Gasteiger partial charge in [0.25, 0.3) is 5.91 Å². The molecule has 3 rings (SSSR count). The monoisotopic (exact) mass is 420 g/mol. The van der Waals surface area contributed by atoms with Crippen molar-refractivity contribution < 1.29 is 23.8 Å². The van der Waals surface area contributed by atoms with Gasteiger partial charge in [0.15, 0.2) is 6.10 Å². The van der Waals surface area contributed by atoms with Gasteiger partial charge in [-0.05, 0) is 46.1 Å². The second kappa shape index (κ2) is 7.98. The van der Waals surface area contributed by atoms with Gasteiger partial charge in [-0.25, -0.2) is 4.79 Å². The fourth-order valence-electron chi connectivity index (χ4n) is 3.68. The SMILES string of the molecule is CO[C@@H]1C(=O)N(CC#Cc2cccs2)[C@@H]1[C@@H]1COC(C)(C)N1C(=O)OC(C)(C)C. The number of hydrogen-bond donors (Lipinski definition) is 0. The Labute approximate surface area is 175 Å². The van der Waals surface area contributed by atoms with E-state index >= 15 is 0 Å². The second-order valence-electron chi connectivity index (χ2n) is 8.57. The van der Waals surface area contributed by atoms with Crippen molar-refractivity contribution in [2.45, 2.75) is 64.1 Å². The zero-order valence-corrected chi connectivity index (χ0v) is 18.5. The number of β-lactam (4-membered cyclic amide) rings is 1. The van der Waals surface area contributed by atoms with E-state index in [4.69, 9.17) is 14.2 Å². The van der Waals surface area contributed by atoms with E-state index in [1.807, 2.05) is 52.1 Å². The first-order valence-electron chi connectivity index (χ1n) is 9.57. The first-order chi connectivity index (χ1) is 13.5. The number of hydrogen-bond acceptors (Lipinski definition) is 6. The molecule has 0 bridgehead atoms. The van der Waals surface area contributed by atoms with Gasteiger partial charge in [-0.15, -0.1) is 11.3 Å². The molecule has 3 heterocycles. The Morgan fingerprint density at radius 1 is 1.41 bits per heavy atom. The van der Waals surface area contributed by atoms with Gasteiger partial charge in [0.05, 0.1) is 30.1 Å². The van der Waals surface area contributed by atoms with Crippen LogP contribution in [0.15, 0.2) is 17.5 Å². The van der Waals surface area contributed by atoms with Crippen molar-refractivity contribution in [3.05, 3.63) is 22.4 Å². The normalized spacial score (nSPS) is 26.0. The van der Waals surface area contributed by atoms with E-state index in [2.05, 4.69) is 11.8 Å². The maximum atomic E-state index is 12.9. The molecule has 1 aromatic heterocycles. The molecule has 158 valence electrons. The molecule has 2 fully saturated rings. The third-order valence-corrected chi connectivity index (χ3v) is 5.72. The molecular weight excluding hydrogens is 392 g/mol. The van der Waals surface area contributed by atoms with Crippen LogP contribution in [0.5, 0.6) is 0 Å². The van der Waals surface area contributed by atoms with Gasteiger partial charge in [0, 0.05) is 7.11 Å². The second-order valence-corrected chi connectivity index (χ2v) is 9.52. The van der Waals surface area contributed by atoms with E-state index < -0.39 is 23.5 Å². The molecule has 0 aliphatic carbocycles. The molecule has 2 aliphatic heterocycles. The third kappa shape index (κ3) is 4.42. The van der Waals surface area contributed by atoms with Crippen LogP contribution >= 0.6 is 11.3 Å². The van der Waals surface area contributed by atoms with Gasteiger partial charge in [0.1, 0.15) is 11.3 Å². The topological polar surface area (TPSA) is 68.3 Å². The number of thiophene rings is 1. The molecule has 29 heavy (non-hydrogen) atoms. The van der Waals surface area contributed by atoms with Crippen LogP contribution in [0.4, 0.5) is 4.79 Å². The molecule has 0 spiro atoms. The van der Waals surface area contributed by atoms with Crippen molar-refractivity contribution in [3.63, 3.8) is 0 Å². The largest absolute Gasteiger partial charge is 0.444 e. The number of amides is 2. The van der Waals surface area contributed by atoms with E-state index in [1.165, 1.54) is 7.11 Å². The molecule has 0 aromatic carbocycles. The first-order valence-corrected chi connectivity index (χ1v) is 10.4. The molecule has 2 aliphatic rings. The van der Waals surface area contributed by atoms with Gasteiger partial charge in [0.2, 0.25) is 0 Å². The van der Waals surface area contributed by atoms with Crippen molar-refractivity contribution in [3.8, 4) is 11.8 Å². The number of carbonyl (C=O) groups excluding carboxylic acids is 2. The van der Waals surface area contributed by atoms with Crippen LogP contribution in [0, 0.1) is 11.8 Å². The molecule has 1 aromatic rings. The fourth-order valence-corrected chi connectivity index (χ4v) is 4.27. The Morgan fingerprint density at radius 2 is 2.14 bits per heavy atom. The predicted molar refractivity (Wildman–Crippen MR) is 109 cm³/mol. The molecule has 0 radical (unpaired) electrons. The first kappa shape index (κ1) is 21.6. The highest BCUT2D eigenvalue weighted by molar-refractivity contribution is 7.10. The van der Waals surface area contributed by atoms with Crippen LogP contribution in [0.2, 0.25) is 0 Å². The Bertz CT molecular complexity index is 818. The van der Waals surface area contributed by atoms with E-state index in [-0.39, 0.29) is 24.5 Å². The minimum absolute atomic E-state index is 0.133. The molecule has 2 amide bonds. The highest BCUT2D eigenvalue weighted by Crippen LogP contribution is 2.37. The summed E-state index contributed by atoms with van der Waals surface area (Å²) < 4.78 is 16.9. The van der Waals surface area contributed by atoms with Gasteiger partial charge in [-0.1, -0.05) is 17.9 Å². The van der Waals surface area contributed by atoms with E-state index in [1.54, 1.807) is 21.1 Å². The molecule has 0 saturated carbocycles. The van der Waals surface area contributed by atoms with Crippen LogP contribution in [0.1, 0.15) is 39.5 Å². The summed E-state index contributed by atoms with van der Waals surface area (Å²) in [4.78, 5) is 29.7. The fraction of sp³-hybridized carbons (Fsp3) is 0.619. The molecular formula is C21H28N2O5S. The highest BCUT2D eigenvalue weighted by Gasteiger charge is 2.59. The van der Waals surface area contributed by atoms with Gasteiger partial charge in [-0.2, -0.15) is 0 Å². The highest BCUT2D eigenvalue weighted by atomic mass is 32.1. The standard InChI is InChI=1S/C21H28N2O5S/c1-20(2,3)28-19(25)23-15(13-27-21(23,4)5)16-17(26-6)18(24)22(16)11-7-9-14-10-8-12-29-14/h8,10,12,15-17H,11,13H2,1-6H3/t15-,16+,17-/m0/s1. The van der Waals surface area contributed by atoms with Crippen LogP contribution in [-0.2, 0) is 19.0 Å². The lowest BCUT2D eigenvalue weighted by molar-refractivity contribution is -0.174. The zero-order valence-electron chi connectivity index (χ0n) is 17.7. The summed E-state index contributed by atoms with van der Waals surface area (Å²) in [7, 11) is 1.50. The summed E-state index contributed by atoms with van der Waals surface area (Å²) >= 11 is 1.55. The number of carbonyl (C=O) groups is 2. The van der Waals surface area contributed by atoms with Crippen molar-refractivity contribution in [1.82, 2.24) is 9.80 Å². The van der Waals surface area contributed by atoms with Gasteiger partial charge >= 0.3 is 6.09 Å². The lowest BCUT2D eigenvalue weighted by Gasteiger charge is -2.50. The number of rotatable bonds is 3. The summed E-state index contributed by atoms with van der Waals surface area (Å²) in [6, 6.07) is 3.14. The van der Waals surface area contributed by atoms with Gasteiger partial charge in [-0.3, -0.25) is 9.69 Å². The average molecular weight is 421 g/mol. The molecule has 8 heteroatoms. The van der Waals surface area contributed by atoms with Crippen molar-refractivity contribution in [2.75, 3.05) is 20.3 Å². The van der Waals surface area contributed by atoms with Crippen LogP contribution in [0.25, 0.3) is 0 Å². The summed E-state index contributed by atoms with van der Waals surface area (Å²) in [5.41, 5.74) is -1.49. The van der Waals surface area contributed by atoms with Crippen molar-refractivity contribution >= 4 is 23.3 Å². The third-order valence-electron chi connectivity index (χ3n) is 4.94. The number of nitrogens with zero attached hydrogens (tertiary/aromatic N) is 2. The maximum Gasteiger partial charge on any atom is 0.412 e. The quantitative estimate of drug-likeness (QED) is 0.556. The Hall–Kier alpha value is -2.08. The summed E-state index contributed by atoms with van der Waals surface area (Å²) in [5.74, 6) is 5.99. The lowest BCUT2D eigenvalue weighted by atomic mass is 9.90. The predicted octanol–water partition coefficient (Wildman–Crippen LogP) is 2.70. The van der Waals surface area contributed by atoms with Gasteiger partial charge < -0.3 is 19.1 Å². The van der Waals surface area contributed by atoms with Crippen LogP contribution in [-0.4, -0.2) is 71.6 Å². The summed E-state index contributed by atoms with van der Waals surface area (Å²) in [6.45, 7) is 9.66. The molecule has 3 atom stereocenters. The molecule has 2 saturated heterocycles. The van der Waals surface area contributed by atoms with Crippen molar-refractivity contribution in [1.29, 1.82) is 0 Å². The Balaban J connectivity index is 1.81. The molecule has 7 nitrogen and oxygen atoms in total. The Morgan fingerprint density at radius 3 is 2.72 bits per heavy atom. The maximum absolute atomic E-state index is 12.9.